The van der Waals surface area contributed by atoms with Crippen LogP contribution in [0.1, 0.15) is 27.2 Å². The Morgan fingerprint density at radius 3 is 2.50 bits per heavy atom. The van der Waals surface area contributed by atoms with Crippen LogP contribution in [-0.4, -0.2) is 42.7 Å². The molecule has 0 bridgehead atoms. The van der Waals surface area contributed by atoms with Crippen molar-refractivity contribution in [2.24, 2.45) is 0 Å². The van der Waals surface area contributed by atoms with E-state index in [-0.39, 0.29) is 5.54 Å². The Morgan fingerprint density at radius 2 is 1.95 bits per heavy atom. The zero-order valence-electron chi connectivity index (χ0n) is 12.8. The van der Waals surface area contributed by atoms with Crippen LogP contribution in [0.25, 0.3) is 0 Å². The second-order valence-electron chi connectivity index (χ2n) is 5.53. The topological polar surface area (TPSA) is 37.4 Å². The van der Waals surface area contributed by atoms with Crippen LogP contribution in [0, 0.1) is 0 Å². The quantitative estimate of drug-likeness (QED) is 0.826. The molecule has 1 heterocycles. The fourth-order valence-electron chi connectivity index (χ4n) is 1.29. The lowest BCUT2D eigenvalue weighted by Crippen LogP contribution is -2.43. The molecule has 0 aliphatic heterocycles. The van der Waals surface area contributed by atoms with Gasteiger partial charge in [0.2, 0.25) is 5.88 Å². The van der Waals surface area contributed by atoms with Crippen molar-refractivity contribution in [3.05, 3.63) is 16.1 Å². The molecule has 0 aromatic carbocycles. The van der Waals surface area contributed by atoms with Gasteiger partial charge in [0.1, 0.15) is 17.4 Å². The van der Waals surface area contributed by atoms with Gasteiger partial charge in [0.15, 0.2) is 0 Å². The SMILES string of the molecule is CCCNc1nc(OCC(C)(C)N(C)C)c(Cl)cc1Cl. The number of nitrogens with zero attached hydrogens (tertiary/aromatic N) is 2. The van der Waals surface area contributed by atoms with Crippen LogP contribution in [0.2, 0.25) is 10.0 Å². The fraction of sp³-hybridized carbons (Fsp3) is 0.643. The number of aromatic nitrogens is 1. The first-order valence-electron chi connectivity index (χ1n) is 6.68. The molecule has 0 saturated carbocycles. The van der Waals surface area contributed by atoms with Crippen LogP contribution in [-0.2, 0) is 0 Å². The first kappa shape index (κ1) is 17.3. The molecule has 1 N–H and O–H groups in total. The van der Waals surface area contributed by atoms with Crippen LogP contribution in [0.4, 0.5) is 5.82 Å². The molecule has 0 aliphatic rings. The van der Waals surface area contributed by atoms with E-state index in [9.17, 15) is 0 Å². The molecule has 0 unspecified atom stereocenters. The summed E-state index contributed by atoms with van der Waals surface area (Å²) in [5.41, 5.74) is -0.109. The summed E-state index contributed by atoms with van der Waals surface area (Å²) in [5.74, 6) is 1.01. The van der Waals surface area contributed by atoms with E-state index in [1.54, 1.807) is 6.07 Å². The summed E-state index contributed by atoms with van der Waals surface area (Å²) in [7, 11) is 4.02. The van der Waals surface area contributed by atoms with E-state index in [0.717, 1.165) is 13.0 Å². The molecule has 0 spiro atoms. The van der Waals surface area contributed by atoms with E-state index >= 15 is 0 Å². The van der Waals surface area contributed by atoms with E-state index in [1.165, 1.54) is 0 Å². The minimum atomic E-state index is -0.109. The molecule has 20 heavy (non-hydrogen) atoms. The van der Waals surface area contributed by atoms with E-state index in [1.807, 2.05) is 14.1 Å². The summed E-state index contributed by atoms with van der Waals surface area (Å²) in [4.78, 5) is 6.45. The summed E-state index contributed by atoms with van der Waals surface area (Å²) in [5, 5.41) is 4.08. The Labute approximate surface area is 131 Å². The summed E-state index contributed by atoms with van der Waals surface area (Å²) >= 11 is 12.2. The average molecular weight is 320 g/mol. The third-order valence-electron chi connectivity index (χ3n) is 3.21. The summed E-state index contributed by atoms with van der Waals surface area (Å²) in [6.07, 6.45) is 0.991. The molecule has 0 atom stereocenters. The van der Waals surface area contributed by atoms with E-state index in [2.05, 4.69) is 36.0 Å². The Morgan fingerprint density at radius 1 is 1.30 bits per heavy atom. The van der Waals surface area contributed by atoms with Crippen molar-refractivity contribution in [3.63, 3.8) is 0 Å². The molecule has 0 fully saturated rings. The smallest absolute Gasteiger partial charge is 0.234 e. The second-order valence-corrected chi connectivity index (χ2v) is 6.34. The number of halogens is 2. The lowest BCUT2D eigenvalue weighted by molar-refractivity contribution is 0.111. The third kappa shape index (κ3) is 4.69. The van der Waals surface area contributed by atoms with Crippen molar-refractivity contribution in [1.82, 2.24) is 9.88 Å². The van der Waals surface area contributed by atoms with Gasteiger partial charge in [0, 0.05) is 12.1 Å². The van der Waals surface area contributed by atoms with Crippen molar-refractivity contribution in [3.8, 4) is 5.88 Å². The van der Waals surface area contributed by atoms with Gasteiger partial charge in [-0.2, -0.15) is 4.98 Å². The van der Waals surface area contributed by atoms with Crippen molar-refractivity contribution < 1.29 is 4.74 Å². The van der Waals surface area contributed by atoms with Gasteiger partial charge >= 0.3 is 0 Å². The monoisotopic (exact) mass is 319 g/mol. The molecule has 0 amide bonds. The lowest BCUT2D eigenvalue weighted by Gasteiger charge is -2.32. The first-order chi connectivity index (χ1) is 9.27. The summed E-state index contributed by atoms with van der Waals surface area (Å²) < 4.78 is 5.76. The maximum atomic E-state index is 6.13. The van der Waals surface area contributed by atoms with Crippen LogP contribution < -0.4 is 10.1 Å². The Kier molecular flexibility index (Phi) is 6.37. The van der Waals surface area contributed by atoms with Crippen molar-refractivity contribution in [2.75, 3.05) is 32.6 Å². The Bertz CT molecular complexity index is 450. The zero-order valence-corrected chi connectivity index (χ0v) is 14.3. The van der Waals surface area contributed by atoms with Gasteiger partial charge in [0.05, 0.1) is 5.02 Å². The summed E-state index contributed by atoms with van der Waals surface area (Å²) in [6, 6.07) is 1.66. The molecule has 0 saturated heterocycles. The van der Waals surface area contributed by atoms with Gasteiger partial charge in [-0.1, -0.05) is 30.1 Å². The summed E-state index contributed by atoms with van der Waals surface area (Å²) in [6.45, 7) is 7.55. The molecule has 0 aliphatic carbocycles. The van der Waals surface area contributed by atoms with Gasteiger partial charge in [-0.15, -0.1) is 0 Å². The van der Waals surface area contributed by atoms with Crippen molar-refractivity contribution >= 4 is 29.0 Å². The zero-order chi connectivity index (χ0) is 15.3. The minimum absolute atomic E-state index is 0.109. The number of hydrogen-bond acceptors (Lipinski definition) is 4. The molecule has 0 radical (unpaired) electrons. The Hall–Kier alpha value is -0.710. The number of ether oxygens (including phenoxy) is 1. The highest BCUT2D eigenvalue weighted by atomic mass is 35.5. The van der Waals surface area contributed by atoms with E-state index < -0.39 is 0 Å². The average Bonchev–Trinajstić information content (AvgIpc) is 2.36. The van der Waals surface area contributed by atoms with Crippen LogP contribution in [0.5, 0.6) is 5.88 Å². The molecule has 6 heteroatoms. The molecule has 1 rings (SSSR count). The van der Waals surface area contributed by atoms with E-state index in [0.29, 0.717) is 28.3 Å². The normalized spacial score (nSPS) is 11.8. The first-order valence-corrected chi connectivity index (χ1v) is 7.43. The van der Waals surface area contributed by atoms with Gasteiger partial charge in [-0.3, -0.25) is 0 Å². The van der Waals surface area contributed by atoms with Crippen LogP contribution >= 0.6 is 23.2 Å². The van der Waals surface area contributed by atoms with Gasteiger partial charge in [-0.05, 0) is 40.4 Å². The third-order valence-corrected chi connectivity index (χ3v) is 3.77. The number of likely N-dealkylation sites (N-methyl/N-ethyl adjacent to an activating group) is 1. The number of pyridine rings is 1. The Balaban J connectivity index is 2.84. The van der Waals surface area contributed by atoms with Gasteiger partial charge in [0.25, 0.3) is 0 Å². The highest BCUT2D eigenvalue weighted by molar-refractivity contribution is 6.36. The van der Waals surface area contributed by atoms with Crippen molar-refractivity contribution in [2.45, 2.75) is 32.7 Å². The lowest BCUT2D eigenvalue weighted by atomic mass is 10.1. The highest BCUT2D eigenvalue weighted by Gasteiger charge is 2.22. The standard InChI is InChI=1S/C14H23Cl2N3O/c1-6-7-17-12-10(15)8-11(16)13(18-12)20-9-14(2,3)19(4)5/h8H,6-7,9H2,1-5H3,(H,17,18). The number of nitrogens with one attached hydrogen (secondary N) is 1. The van der Waals surface area contributed by atoms with Crippen molar-refractivity contribution in [1.29, 1.82) is 0 Å². The largest absolute Gasteiger partial charge is 0.475 e. The minimum Gasteiger partial charge on any atom is -0.475 e. The second kappa shape index (κ2) is 7.34. The highest BCUT2D eigenvalue weighted by Crippen LogP contribution is 2.31. The van der Waals surface area contributed by atoms with Crippen LogP contribution in [0.15, 0.2) is 6.07 Å². The predicted octanol–water partition coefficient (Wildman–Crippen LogP) is 3.93. The van der Waals surface area contributed by atoms with Gasteiger partial charge in [-0.25, -0.2) is 0 Å². The molecule has 114 valence electrons. The number of anilines is 1. The van der Waals surface area contributed by atoms with E-state index in [4.69, 9.17) is 27.9 Å². The maximum Gasteiger partial charge on any atom is 0.234 e. The molecule has 1 aromatic heterocycles. The predicted molar refractivity (Wildman–Crippen MR) is 86.3 cm³/mol. The molecular weight excluding hydrogens is 297 g/mol. The van der Waals surface area contributed by atoms with Gasteiger partial charge < -0.3 is 15.0 Å². The molecule has 4 nitrogen and oxygen atoms in total. The number of hydrogen-bond donors (Lipinski definition) is 1. The molecular formula is C14H23Cl2N3O. The number of rotatable bonds is 7. The molecule has 1 aromatic rings. The van der Waals surface area contributed by atoms with Crippen LogP contribution in [0.3, 0.4) is 0 Å². The maximum absolute atomic E-state index is 6.13. The fourth-order valence-corrected chi connectivity index (χ4v) is 1.77.